The predicted molar refractivity (Wildman–Crippen MR) is 58.7 cm³/mol. The SMILES string of the molecule is C=Cc1cnc(-n2cc(C)c(C#N)n2)nc1. The van der Waals surface area contributed by atoms with Gasteiger partial charge >= 0.3 is 0 Å². The second kappa shape index (κ2) is 3.95. The zero-order valence-corrected chi connectivity index (χ0v) is 8.75. The Bertz CT molecular complexity index is 559. The lowest BCUT2D eigenvalue weighted by atomic mass is 10.3. The van der Waals surface area contributed by atoms with Crippen molar-refractivity contribution < 1.29 is 0 Å². The maximum Gasteiger partial charge on any atom is 0.250 e. The van der Waals surface area contributed by atoms with E-state index in [1.165, 1.54) is 4.68 Å². The van der Waals surface area contributed by atoms with E-state index < -0.39 is 0 Å². The van der Waals surface area contributed by atoms with Gasteiger partial charge in [-0.3, -0.25) is 0 Å². The molecule has 5 nitrogen and oxygen atoms in total. The second-order valence-corrected chi connectivity index (χ2v) is 3.24. The fraction of sp³-hybridized carbons (Fsp3) is 0.0909. The molecule has 0 spiro atoms. The number of aryl methyl sites for hydroxylation is 1. The first kappa shape index (κ1) is 10.1. The van der Waals surface area contributed by atoms with Gasteiger partial charge in [-0.15, -0.1) is 0 Å². The molecule has 0 aliphatic rings. The third-order valence-corrected chi connectivity index (χ3v) is 2.10. The third kappa shape index (κ3) is 1.68. The van der Waals surface area contributed by atoms with Crippen molar-refractivity contribution in [3.8, 4) is 12.0 Å². The molecular formula is C11H9N5. The number of hydrogen-bond donors (Lipinski definition) is 0. The van der Waals surface area contributed by atoms with Gasteiger partial charge in [-0.1, -0.05) is 12.7 Å². The molecule has 0 radical (unpaired) electrons. The fourth-order valence-electron chi connectivity index (χ4n) is 1.23. The maximum atomic E-state index is 8.78. The second-order valence-electron chi connectivity index (χ2n) is 3.24. The van der Waals surface area contributed by atoms with Crippen LogP contribution in [0.15, 0.2) is 25.2 Å². The number of rotatable bonds is 2. The average molecular weight is 211 g/mol. The highest BCUT2D eigenvalue weighted by Gasteiger charge is 2.06. The van der Waals surface area contributed by atoms with Crippen LogP contribution in [0.3, 0.4) is 0 Å². The summed E-state index contributed by atoms with van der Waals surface area (Å²) in [6.07, 6.45) is 6.69. The summed E-state index contributed by atoms with van der Waals surface area (Å²) in [6, 6.07) is 2.00. The number of nitrogens with zero attached hydrogens (tertiary/aromatic N) is 5. The molecule has 0 amide bonds. The van der Waals surface area contributed by atoms with Crippen molar-refractivity contribution in [2.24, 2.45) is 0 Å². The normalized spacial score (nSPS) is 9.75. The van der Waals surface area contributed by atoms with Crippen LogP contribution < -0.4 is 0 Å². The molecule has 2 aromatic heterocycles. The van der Waals surface area contributed by atoms with Gasteiger partial charge in [0.05, 0.1) is 0 Å². The molecule has 5 heteroatoms. The molecule has 0 saturated carbocycles. The van der Waals surface area contributed by atoms with Crippen LogP contribution in [-0.4, -0.2) is 19.7 Å². The molecule has 0 aliphatic heterocycles. The van der Waals surface area contributed by atoms with E-state index in [1.54, 1.807) is 24.7 Å². The van der Waals surface area contributed by atoms with Gasteiger partial charge in [0.25, 0.3) is 5.95 Å². The molecule has 0 saturated heterocycles. The average Bonchev–Trinajstić information content (AvgIpc) is 2.71. The van der Waals surface area contributed by atoms with E-state index in [0.717, 1.165) is 11.1 Å². The van der Waals surface area contributed by atoms with E-state index in [9.17, 15) is 0 Å². The van der Waals surface area contributed by atoms with Gasteiger partial charge in [0, 0.05) is 29.7 Å². The zero-order valence-electron chi connectivity index (χ0n) is 8.75. The Morgan fingerprint density at radius 2 is 2.12 bits per heavy atom. The summed E-state index contributed by atoms with van der Waals surface area (Å²) in [7, 11) is 0. The number of aromatic nitrogens is 4. The first-order chi connectivity index (χ1) is 7.74. The van der Waals surface area contributed by atoms with Crippen molar-refractivity contribution in [1.82, 2.24) is 19.7 Å². The van der Waals surface area contributed by atoms with Crippen LogP contribution in [0, 0.1) is 18.3 Å². The lowest BCUT2D eigenvalue weighted by Crippen LogP contribution is -2.01. The Labute approximate surface area is 92.7 Å². The van der Waals surface area contributed by atoms with E-state index in [1.807, 2.05) is 13.0 Å². The van der Waals surface area contributed by atoms with E-state index in [2.05, 4.69) is 21.6 Å². The van der Waals surface area contributed by atoms with E-state index in [0.29, 0.717) is 11.6 Å². The molecule has 2 heterocycles. The molecule has 0 fully saturated rings. The molecule has 0 bridgehead atoms. The van der Waals surface area contributed by atoms with Crippen LogP contribution in [0.5, 0.6) is 0 Å². The summed E-state index contributed by atoms with van der Waals surface area (Å²) in [5.41, 5.74) is 2.03. The van der Waals surface area contributed by atoms with Crippen LogP contribution in [0.1, 0.15) is 16.8 Å². The Kier molecular flexibility index (Phi) is 2.48. The first-order valence-corrected chi connectivity index (χ1v) is 4.66. The standard InChI is InChI=1S/C11H9N5/c1-3-9-5-13-11(14-6-9)16-7-8(2)10(4-12)15-16/h3,5-7H,1H2,2H3. The van der Waals surface area contributed by atoms with Gasteiger partial charge in [-0.05, 0) is 6.92 Å². The Hall–Kier alpha value is -2.48. The number of nitriles is 1. The smallest absolute Gasteiger partial charge is 0.219 e. The summed E-state index contributed by atoms with van der Waals surface area (Å²) in [4.78, 5) is 8.23. The molecule has 78 valence electrons. The van der Waals surface area contributed by atoms with Crippen molar-refractivity contribution in [1.29, 1.82) is 5.26 Å². The van der Waals surface area contributed by atoms with Crippen LogP contribution in [0.2, 0.25) is 0 Å². The molecule has 0 aromatic carbocycles. The highest BCUT2D eigenvalue weighted by atomic mass is 15.3. The van der Waals surface area contributed by atoms with Crippen LogP contribution in [0.4, 0.5) is 0 Å². The summed E-state index contributed by atoms with van der Waals surface area (Å²) in [5, 5.41) is 12.8. The molecule has 16 heavy (non-hydrogen) atoms. The van der Waals surface area contributed by atoms with Crippen molar-refractivity contribution in [3.63, 3.8) is 0 Å². The summed E-state index contributed by atoms with van der Waals surface area (Å²) >= 11 is 0. The van der Waals surface area contributed by atoms with Gasteiger partial charge in [0.1, 0.15) is 6.07 Å². The summed E-state index contributed by atoms with van der Waals surface area (Å²) in [5.74, 6) is 0.440. The van der Waals surface area contributed by atoms with Gasteiger partial charge in [0.2, 0.25) is 0 Å². The molecule has 2 rings (SSSR count). The highest BCUT2D eigenvalue weighted by molar-refractivity contribution is 5.43. The van der Waals surface area contributed by atoms with Crippen molar-refractivity contribution in [3.05, 3.63) is 42.0 Å². The monoisotopic (exact) mass is 211 g/mol. The molecule has 0 aliphatic carbocycles. The Morgan fingerprint density at radius 1 is 1.44 bits per heavy atom. The third-order valence-electron chi connectivity index (χ3n) is 2.10. The van der Waals surface area contributed by atoms with E-state index in [4.69, 9.17) is 5.26 Å². The maximum absolute atomic E-state index is 8.78. The summed E-state index contributed by atoms with van der Waals surface area (Å²) < 4.78 is 1.49. The zero-order chi connectivity index (χ0) is 11.5. The first-order valence-electron chi connectivity index (χ1n) is 4.66. The highest BCUT2D eigenvalue weighted by Crippen LogP contribution is 2.07. The predicted octanol–water partition coefficient (Wildman–Crippen LogP) is 1.49. The topological polar surface area (TPSA) is 67.4 Å². The molecule has 0 atom stereocenters. The van der Waals surface area contributed by atoms with Crippen molar-refractivity contribution in [2.75, 3.05) is 0 Å². The van der Waals surface area contributed by atoms with Crippen molar-refractivity contribution in [2.45, 2.75) is 6.92 Å². The summed E-state index contributed by atoms with van der Waals surface area (Å²) in [6.45, 7) is 5.44. The van der Waals surface area contributed by atoms with Gasteiger partial charge in [0.15, 0.2) is 5.69 Å². The molecule has 0 N–H and O–H groups in total. The Balaban J connectivity index is 2.43. The van der Waals surface area contributed by atoms with Gasteiger partial charge in [-0.25, -0.2) is 14.6 Å². The molecular weight excluding hydrogens is 202 g/mol. The minimum Gasteiger partial charge on any atom is -0.219 e. The fourth-order valence-corrected chi connectivity index (χ4v) is 1.23. The quantitative estimate of drug-likeness (QED) is 0.754. The van der Waals surface area contributed by atoms with Crippen LogP contribution in [-0.2, 0) is 0 Å². The lowest BCUT2D eigenvalue weighted by molar-refractivity contribution is 0.802. The minimum absolute atomic E-state index is 0.386. The lowest BCUT2D eigenvalue weighted by Gasteiger charge is -1.98. The minimum atomic E-state index is 0.386. The van der Waals surface area contributed by atoms with Crippen LogP contribution in [0.25, 0.3) is 12.0 Å². The molecule has 0 unspecified atom stereocenters. The van der Waals surface area contributed by atoms with Crippen molar-refractivity contribution >= 4 is 6.08 Å². The van der Waals surface area contributed by atoms with Gasteiger partial charge in [-0.2, -0.15) is 10.4 Å². The molecule has 2 aromatic rings. The van der Waals surface area contributed by atoms with Gasteiger partial charge < -0.3 is 0 Å². The Morgan fingerprint density at radius 3 is 2.62 bits per heavy atom. The number of hydrogen-bond acceptors (Lipinski definition) is 4. The van der Waals surface area contributed by atoms with Crippen LogP contribution >= 0.6 is 0 Å². The van der Waals surface area contributed by atoms with E-state index in [-0.39, 0.29) is 0 Å². The largest absolute Gasteiger partial charge is 0.250 e. The van der Waals surface area contributed by atoms with E-state index >= 15 is 0 Å².